The first-order chi connectivity index (χ1) is 22.0. The summed E-state index contributed by atoms with van der Waals surface area (Å²) in [5, 5.41) is 0. The molecule has 1 atom stereocenters. The van der Waals surface area contributed by atoms with Crippen LogP contribution in [-0.4, -0.2) is 21.1 Å². The Bertz CT molecular complexity index is 1490. The van der Waals surface area contributed by atoms with Gasteiger partial charge in [0.05, 0.1) is 5.69 Å². The fraction of sp³-hybridized carbons (Fsp3) is 0.474. The fourth-order valence-corrected chi connectivity index (χ4v) is 5.68. The number of aromatic nitrogens is 3. The number of ether oxygens (including phenoxy) is 2. The van der Waals surface area contributed by atoms with Gasteiger partial charge in [-0.2, -0.15) is 13.2 Å². The maximum Gasteiger partial charge on any atom is 0.434 e. The van der Waals surface area contributed by atoms with Gasteiger partial charge in [-0.1, -0.05) is 90.1 Å². The van der Waals surface area contributed by atoms with Gasteiger partial charge in [0.2, 0.25) is 0 Å². The van der Waals surface area contributed by atoms with Crippen LogP contribution >= 0.6 is 0 Å². The van der Waals surface area contributed by atoms with Crippen LogP contribution in [0.1, 0.15) is 89.5 Å². The molecular formula is C38H48F3N3O2. The van der Waals surface area contributed by atoms with Crippen molar-refractivity contribution in [2.75, 3.05) is 6.61 Å². The van der Waals surface area contributed by atoms with Gasteiger partial charge in [0.1, 0.15) is 24.9 Å². The summed E-state index contributed by atoms with van der Waals surface area (Å²) in [4.78, 5) is 8.52. The smallest absolute Gasteiger partial charge is 0.434 e. The van der Waals surface area contributed by atoms with Crippen molar-refractivity contribution >= 4 is 0 Å². The zero-order valence-electron chi connectivity index (χ0n) is 27.9. The first-order valence-electron chi connectivity index (χ1n) is 16.4. The highest BCUT2D eigenvalue weighted by Gasteiger charge is 2.35. The summed E-state index contributed by atoms with van der Waals surface area (Å²) in [5.41, 5.74) is 3.32. The average molecular weight is 636 g/mol. The van der Waals surface area contributed by atoms with E-state index in [2.05, 4.69) is 37.7 Å². The van der Waals surface area contributed by atoms with Gasteiger partial charge < -0.3 is 14.0 Å². The van der Waals surface area contributed by atoms with Gasteiger partial charge in [-0.3, -0.25) is 4.98 Å². The van der Waals surface area contributed by atoms with Crippen LogP contribution in [0, 0.1) is 18.3 Å². The normalized spacial score (nSPS) is 12.8. The van der Waals surface area contributed by atoms with Gasteiger partial charge in [-0.15, -0.1) is 0 Å². The molecule has 0 bridgehead atoms. The molecular weight excluding hydrogens is 587 g/mol. The van der Waals surface area contributed by atoms with Gasteiger partial charge in [0.15, 0.2) is 5.69 Å². The molecule has 2 aromatic heterocycles. The molecule has 0 spiro atoms. The molecule has 2 aromatic carbocycles. The molecule has 4 rings (SSSR count). The molecule has 0 N–H and O–H groups in total. The van der Waals surface area contributed by atoms with E-state index >= 15 is 0 Å². The number of hydrogen-bond donors (Lipinski definition) is 0. The lowest BCUT2D eigenvalue weighted by atomic mass is 9.76. The molecule has 4 aromatic rings. The van der Waals surface area contributed by atoms with E-state index in [-0.39, 0.29) is 18.0 Å². The summed E-state index contributed by atoms with van der Waals surface area (Å²) >= 11 is 0. The Morgan fingerprint density at radius 1 is 0.870 bits per heavy atom. The Hall–Kier alpha value is -3.65. The molecule has 1 unspecified atom stereocenters. The summed E-state index contributed by atoms with van der Waals surface area (Å²) in [5.74, 6) is 1.44. The van der Waals surface area contributed by atoms with Crippen LogP contribution in [0.3, 0.4) is 0 Å². The van der Waals surface area contributed by atoms with Gasteiger partial charge >= 0.3 is 6.18 Å². The van der Waals surface area contributed by atoms with Crippen LogP contribution in [-0.2, 0) is 24.3 Å². The predicted molar refractivity (Wildman–Crippen MR) is 178 cm³/mol. The Labute approximate surface area is 272 Å². The minimum atomic E-state index is -4.57. The average Bonchev–Trinajstić information content (AvgIpc) is 3.46. The number of nitrogens with zero attached hydrogens (tertiary/aromatic N) is 3. The van der Waals surface area contributed by atoms with Crippen LogP contribution in [0.2, 0.25) is 0 Å². The SMILES string of the molecule is CCCCCCCC(CCOCn1cc(C(F)(F)F)nc1-c1ccc(-c2ccc(OCc3ccccc3)c(C)c2)nc1)C(C)(C)C. The zero-order chi connectivity index (χ0) is 33.2. The highest BCUT2D eigenvalue weighted by Crippen LogP contribution is 2.34. The predicted octanol–water partition coefficient (Wildman–Crippen LogP) is 10.9. The van der Waals surface area contributed by atoms with Crippen molar-refractivity contribution in [3.63, 3.8) is 0 Å². The molecule has 0 amide bonds. The minimum Gasteiger partial charge on any atom is -0.489 e. The minimum absolute atomic E-state index is 0.0167. The molecule has 5 nitrogen and oxygen atoms in total. The summed E-state index contributed by atoms with van der Waals surface area (Å²) in [6.45, 7) is 11.9. The van der Waals surface area contributed by atoms with Crippen molar-refractivity contribution in [2.45, 2.75) is 99.1 Å². The third-order valence-corrected chi connectivity index (χ3v) is 8.52. The van der Waals surface area contributed by atoms with Crippen molar-refractivity contribution < 1.29 is 22.6 Å². The van der Waals surface area contributed by atoms with E-state index in [9.17, 15) is 13.2 Å². The molecule has 248 valence electrons. The number of imidazole rings is 1. The van der Waals surface area contributed by atoms with Crippen molar-refractivity contribution in [3.8, 4) is 28.4 Å². The lowest BCUT2D eigenvalue weighted by molar-refractivity contribution is -0.141. The van der Waals surface area contributed by atoms with E-state index in [0.29, 0.717) is 30.4 Å². The Balaban J connectivity index is 1.41. The molecule has 0 aliphatic heterocycles. The van der Waals surface area contributed by atoms with Gasteiger partial charge in [-0.05, 0) is 72.6 Å². The molecule has 0 radical (unpaired) electrons. The van der Waals surface area contributed by atoms with Crippen LogP contribution in [0.25, 0.3) is 22.6 Å². The zero-order valence-corrected chi connectivity index (χ0v) is 27.9. The summed E-state index contributed by atoms with van der Waals surface area (Å²) < 4.78 is 54.4. The number of rotatable bonds is 16. The van der Waals surface area contributed by atoms with Crippen LogP contribution < -0.4 is 4.74 Å². The number of unbranched alkanes of at least 4 members (excludes halogenated alkanes) is 4. The van der Waals surface area contributed by atoms with Crippen molar-refractivity contribution in [2.24, 2.45) is 11.3 Å². The fourth-order valence-electron chi connectivity index (χ4n) is 5.68. The van der Waals surface area contributed by atoms with Crippen LogP contribution in [0.5, 0.6) is 5.75 Å². The number of halogens is 3. The van der Waals surface area contributed by atoms with E-state index < -0.39 is 11.9 Å². The third kappa shape index (κ3) is 10.2. The second kappa shape index (κ2) is 16.3. The second-order valence-corrected chi connectivity index (χ2v) is 13.2. The topological polar surface area (TPSA) is 49.2 Å². The number of aryl methyl sites for hydroxylation is 1. The number of pyridine rings is 1. The van der Waals surface area contributed by atoms with E-state index in [4.69, 9.17) is 9.47 Å². The number of benzene rings is 2. The Morgan fingerprint density at radius 3 is 2.26 bits per heavy atom. The van der Waals surface area contributed by atoms with Crippen LogP contribution in [0.4, 0.5) is 13.2 Å². The quantitative estimate of drug-likeness (QED) is 0.115. The molecule has 0 aliphatic rings. The van der Waals surface area contributed by atoms with Gasteiger partial charge in [0, 0.05) is 30.1 Å². The van der Waals surface area contributed by atoms with Crippen molar-refractivity contribution in [1.82, 2.24) is 14.5 Å². The second-order valence-electron chi connectivity index (χ2n) is 13.2. The van der Waals surface area contributed by atoms with Gasteiger partial charge in [-0.25, -0.2) is 4.98 Å². The van der Waals surface area contributed by atoms with Crippen LogP contribution in [0.15, 0.2) is 73.1 Å². The lowest BCUT2D eigenvalue weighted by Crippen LogP contribution is -2.22. The Kier molecular flexibility index (Phi) is 12.4. The van der Waals surface area contributed by atoms with E-state index in [1.54, 1.807) is 18.3 Å². The highest BCUT2D eigenvalue weighted by atomic mass is 19.4. The molecule has 0 saturated carbocycles. The first-order valence-corrected chi connectivity index (χ1v) is 16.4. The van der Waals surface area contributed by atoms with Crippen molar-refractivity contribution in [3.05, 3.63) is 89.9 Å². The number of hydrogen-bond acceptors (Lipinski definition) is 4. The van der Waals surface area contributed by atoms with E-state index in [1.165, 1.54) is 36.7 Å². The molecule has 0 aliphatic carbocycles. The van der Waals surface area contributed by atoms with Gasteiger partial charge in [0.25, 0.3) is 0 Å². The maximum absolute atomic E-state index is 13.7. The monoisotopic (exact) mass is 635 g/mol. The summed E-state index contributed by atoms with van der Waals surface area (Å²) in [6, 6.07) is 19.4. The number of alkyl halides is 3. The molecule has 8 heteroatoms. The summed E-state index contributed by atoms with van der Waals surface area (Å²) in [6.07, 6.45) is 6.20. The standard InChI is InChI=1S/C38H48F3N3O2/c1-6-7-8-9-13-16-32(37(3,4)5)21-22-45-27-44-25-35(38(39,40)41)43-36(44)31-17-19-33(42-24-31)30-18-20-34(28(2)23-30)46-26-29-14-11-10-12-15-29/h10-12,14-15,17-20,23-25,32H,6-9,13,16,21-22,26-27H2,1-5H3. The highest BCUT2D eigenvalue weighted by molar-refractivity contribution is 5.65. The molecule has 2 heterocycles. The molecule has 0 saturated heterocycles. The first kappa shape index (κ1) is 35.2. The maximum atomic E-state index is 13.7. The third-order valence-electron chi connectivity index (χ3n) is 8.52. The Morgan fingerprint density at radius 2 is 1.61 bits per heavy atom. The summed E-state index contributed by atoms with van der Waals surface area (Å²) in [7, 11) is 0. The molecule has 46 heavy (non-hydrogen) atoms. The lowest BCUT2D eigenvalue weighted by Gasteiger charge is -2.31. The molecule has 0 fully saturated rings. The largest absolute Gasteiger partial charge is 0.489 e. The van der Waals surface area contributed by atoms with E-state index in [1.807, 2.05) is 55.5 Å². The van der Waals surface area contributed by atoms with E-state index in [0.717, 1.165) is 41.5 Å². The van der Waals surface area contributed by atoms with Crippen molar-refractivity contribution in [1.29, 1.82) is 0 Å².